The number of rotatable bonds is 4. The van der Waals surface area contributed by atoms with E-state index in [1.54, 1.807) is 0 Å². The number of nitrogens with two attached hydrogens (primary N) is 1. The number of ether oxygens (including phenoxy) is 1. The van der Waals surface area contributed by atoms with Crippen LogP contribution in [0.3, 0.4) is 0 Å². The molecule has 138 valence electrons. The SMILES string of the molecule is CC1CN(CC2CCCN2Cc2cccc(N)c2)CC(C)O1.Cl.Cl. The van der Waals surface area contributed by atoms with Gasteiger partial charge >= 0.3 is 0 Å². The third-order valence-corrected chi connectivity index (χ3v) is 4.80. The van der Waals surface area contributed by atoms with Gasteiger partial charge in [0.1, 0.15) is 0 Å². The van der Waals surface area contributed by atoms with Crippen LogP contribution >= 0.6 is 24.8 Å². The van der Waals surface area contributed by atoms with E-state index in [0.717, 1.165) is 25.3 Å². The Bertz CT molecular complexity index is 493. The first-order valence-corrected chi connectivity index (χ1v) is 8.56. The van der Waals surface area contributed by atoms with Crippen molar-refractivity contribution in [3.63, 3.8) is 0 Å². The van der Waals surface area contributed by atoms with Gasteiger partial charge in [-0.15, -0.1) is 24.8 Å². The normalized spacial score (nSPS) is 28.2. The van der Waals surface area contributed by atoms with Gasteiger partial charge in [-0.3, -0.25) is 9.80 Å². The zero-order valence-corrected chi connectivity index (χ0v) is 16.3. The molecule has 0 spiro atoms. The Morgan fingerprint density at radius 1 is 1.17 bits per heavy atom. The third kappa shape index (κ3) is 5.78. The highest BCUT2D eigenvalue weighted by Gasteiger charge is 2.29. The second-order valence-electron chi connectivity index (χ2n) is 6.99. The van der Waals surface area contributed by atoms with Gasteiger partial charge in [0.2, 0.25) is 0 Å². The molecule has 2 aliphatic rings. The van der Waals surface area contributed by atoms with E-state index in [0.29, 0.717) is 18.2 Å². The first-order chi connectivity index (χ1) is 10.6. The fourth-order valence-corrected chi connectivity index (χ4v) is 3.97. The van der Waals surface area contributed by atoms with Crippen molar-refractivity contribution in [1.82, 2.24) is 9.80 Å². The highest BCUT2D eigenvalue weighted by molar-refractivity contribution is 5.85. The molecule has 2 aliphatic heterocycles. The predicted molar refractivity (Wildman–Crippen MR) is 105 cm³/mol. The molecular weight excluding hydrogens is 345 g/mol. The molecule has 3 atom stereocenters. The molecule has 24 heavy (non-hydrogen) atoms. The van der Waals surface area contributed by atoms with E-state index in [1.807, 2.05) is 6.07 Å². The van der Waals surface area contributed by atoms with Crippen molar-refractivity contribution < 1.29 is 4.74 Å². The largest absolute Gasteiger partial charge is 0.399 e. The van der Waals surface area contributed by atoms with E-state index in [1.165, 1.54) is 31.5 Å². The third-order valence-electron chi connectivity index (χ3n) is 4.80. The zero-order valence-electron chi connectivity index (χ0n) is 14.7. The van der Waals surface area contributed by atoms with Crippen LogP contribution in [0, 0.1) is 0 Å². The summed E-state index contributed by atoms with van der Waals surface area (Å²) in [5, 5.41) is 0. The summed E-state index contributed by atoms with van der Waals surface area (Å²) in [6.45, 7) is 9.88. The van der Waals surface area contributed by atoms with Crippen LogP contribution in [0.5, 0.6) is 0 Å². The standard InChI is InChI=1S/C18H29N3O.2ClH/c1-14-10-20(11-15(2)22-14)13-18-7-4-8-21(18)12-16-5-3-6-17(19)9-16;;/h3,5-6,9,14-15,18H,4,7-8,10-13,19H2,1-2H3;2*1H. The van der Waals surface area contributed by atoms with Crippen molar-refractivity contribution in [3.8, 4) is 0 Å². The summed E-state index contributed by atoms with van der Waals surface area (Å²) in [6.07, 6.45) is 3.32. The molecule has 3 rings (SSSR count). The zero-order chi connectivity index (χ0) is 15.5. The number of likely N-dealkylation sites (tertiary alicyclic amines) is 1. The molecule has 1 aromatic rings. The van der Waals surface area contributed by atoms with Crippen LogP contribution in [-0.2, 0) is 11.3 Å². The first-order valence-electron chi connectivity index (χ1n) is 8.56. The number of hydrogen-bond donors (Lipinski definition) is 1. The molecule has 0 bridgehead atoms. The minimum Gasteiger partial charge on any atom is -0.399 e. The summed E-state index contributed by atoms with van der Waals surface area (Å²) in [6, 6.07) is 8.97. The summed E-state index contributed by atoms with van der Waals surface area (Å²) in [5.74, 6) is 0. The van der Waals surface area contributed by atoms with E-state index in [9.17, 15) is 0 Å². The highest BCUT2D eigenvalue weighted by atomic mass is 35.5. The lowest BCUT2D eigenvalue weighted by atomic mass is 10.1. The summed E-state index contributed by atoms with van der Waals surface area (Å²) >= 11 is 0. The van der Waals surface area contributed by atoms with E-state index >= 15 is 0 Å². The fraction of sp³-hybridized carbons (Fsp3) is 0.667. The number of anilines is 1. The van der Waals surface area contributed by atoms with Gasteiger partial charge in [-0.2, -0.15) is 0 Å². The predicted octanol–water partition coefficient (Wildman–Crippen LogP) is 3.19. The van der Waals surface area contributed by atoms with Gasteiger partial charge < -0.3 is 10.5 Å². The molecular formula is C18H31Cl2N3O. The van der Waals surface area contributed by atoms with Crippen molar-refractivity contribution in [3.05, 3.63) is 29.8 Å². The highest BCUT2D eigenvalue weighted by Crippen LogP contribution is 2.23. The van der Waals surface area contributed by atoms with Crippen LogP contribution in [-0.4, -0.2) is 54.2 Å². The van der Waals surface area contributed by atoms with Gasteiger partial charge in [-0.05, 0) is 50.9 Å². The molecule has 0 amide bonds. The summed E-state index contributed by atoms with van der Waals surface area (Å²) in [7, 11) is 0. The van der Waals surface area contributed by atoms with E-state index in [4.69, 9.17) is 10.5 Å². The Labute approximate surface area is 158 Å². The Kier molecular flexibility index (Phi) is 8.82. The Morgan fingerprint density at radius 3 is 2.54 bits per heavy atom. The van der Waals surface area contributed by atoms with Crippen LogP contribution in [0.2, 0.25) is 0 Å². The minimum absolute atomic E-state index is 0. The van der Waals surface area contributed by atoms with Gasteiger partial charge in [-0.1, -0.05) is 12.1 Å². The molecule has 4 nitrogen and oxygen atoms in total. The van der Waals surface area contributed by atoms with Crippen LogP contribution in [0.1, 0.15) is 32.3 Å². The lowest BCUT2D eigenvalue weighted by Gasteiger charge is -2.38. The van der Waals surface area contributed by atoms with Gasteiger partial charge in [0, 0.05) is 37.9 Å². The molecule has 2 fully saturated rings. The second kappa shape index (κ2) is 9.83. The molecule has 2 heterocycles. The van der Waals surface area contributed by atoms with Gasteiger partial charge in [-0.25, -0.2) is 0 Å². The van der Waals surface area contributed by atoms with Crippen molar-refractivity contribution in [1.29, 1.82) is 0 Å². The Hall–Kier alpha value is -0.520. The number of halogens is 2. The fourth-order valence-electron chi connectivity index (χ4n) is 3.97. The minimum atomic E-state index is 0. The van der Waals surface area contributed by atoms with E-state index < -0.39 is 0 Å². The van der Waals surface area contributed by atoms with Crippen molar-refractivity contribution in [2.45, 2.75) is 51.5 Å². The Balaban J connectivity index is 0.00000144. The number of nitrogen functional groups attached to an aromatic ring is 1. The molecule has 0 aromatic heterocycles. The van der Waals surface area contributed by atoms with Crippen molar-refractivity contribution >= 4 is 30.5 Å². The summed E-state index contributed by atoms with van der Waals surface area (Å²) in [4.78, 5) is 5.21. The Morgan fingerprint density at radius 2 is 1.88 bits per heavy atom. The number of nitrogens with zero attached hydrogens (tertiary/aromatic N) is 2. The lowest BCUT2D eigenvalue weighted by molar-refractivity contribution is -0.0724. The average Bonchev–Trinajstić information content (AvgIpc) is 2.85. The summed E-state index contributed by atoms with van der Waals surface area (Å²) < 4.78 is 5.85. The summed E-state index contributed by atoms with van der Waals surface area (Å²) in [5.41, 5.74) is 8.10. The smallest absolute Gasteiger partial charge is 0.0678 e. The molecule has 3 unspecified atom stereocenters. The van der Waals surface area contributed by atoms with Crippen molar-refractivity contribution in [2.24, 2.45) is 0 Å². The molecule has 0 radical (unpaired) electrons. The van der Waals surface area contributed by atoms with Gasteiger partial charge in [0.25, 0.3) is 0 Å². The molecule has 1 aromatic carbocycles. The maximum absolute atomic E-state index is 5.91. The number of benzene rings is 1. The van der Waals surface area contributed by atoms with Crippen molar-refractivity contribution in [2.75, 3.05) is 31.9 Å². The van der Waals surface area contributed by atoms with Gasteiger partial charge in [0.05, 0.1) is 12.2 Å². The molecule has 2 N–H and O–H groups in total. The van der Waals surface area contributed by atoms with Crippen LogP contribution < -0.4 is 5.73 Å². The van der Waals surface area contributed by atoms with Gasteiger partial charge in [0.15, 0.2) is 0 Å². The quantitative estimate of drug-likeness (QED) is 0.820. The lowest BCUT2D eigenvalue weighted by Crippen LogP contribution is -2.50. The molecule has 0 saturated carbocycles. The van der Waals surface area contributed by atoms with E-state index in [-0.39, 0.29) is 24.8 Å². The topological polar surface area (TPSA) is 41.7 Å². The maximum Gasteiger partial charge on any atom is 0.0678 e. The number of morpholine rings is 1. The van der Waals surface area contributed by atoms with Crippen LogP contribution in [0.25, 0.3) is 0 Å². The first kappa shape index (κ1) is 21.5. The number of hydrogen-bond acceptors (Lipinski definition) is 4. The average molecular weight is 376 g/mol. The monoisotopic (exact) mass is 375 g/mol. The molecule has 6 heteroatoms. The van der Waals surface area contributed by atoms with Crippen LogP contribution in [0.15, 0.2) is 24.3 Å². The maximum atomic E-state index is 5.91. The van der Waals surface area contributed by atoms with Crippen LogP contribution in [0.4, 0.5) is 5.69 Å². The van der Waals surface area contributed by atoms with E-state index in [2.05, 4.69) is 41.8 Å². The molecule has 2 saturated heterocycles. The second-order valence-corrected chi connectivity index (χ2v) is 6.99. The molecule has 0 aliphatic carbocycles.